The summed E-state index contributed by atoms with van der Waals surface area (Å²) in [5.74, 6) is 1.62. The zero-order valence-corrected chi connectivity index (χ0v) is 17.8. The number of allylic oxidation sites excluding steroid dienone is 3. The summed E-state index contributed by atoms with van der Waals surface area (Å²) in [5.41, 5.74) is 4.39. The average molecular weight is 386 g/mol. The second-order valence-electron chi connectivity index (χ2n) is 9.80. The van der Waals surface area contributed by atoms with Crippen LogP contribution in [-0.2, 0) is 4.74 Å². The first-order valence-corrected chi connectivity index (χ1v) is 11.6. The molecule has 0 aromatic heterocycles. The molecule has 3 saturated carbocycles. The summed E-state index contributed by atoms with van der Waals surface area (Å²) in [4.78, 5) is 2.60. The Morgan fingerprint density at radius 3 is 2.79 bits per heavy atom. The van der Waals surface area contributed by atoms with Crippen LogP contribution in [0.15, 0.2) is 35.5 Å². The Morgan fingerprint density at radius 2 is 1.96 bits per heavy atom. The Morgan fingerprint density at radius 1 is 1.14 bits per heavy atom. The van der Waals surface area contributed by atoms with Crippen molar-refractivity contribution in [1.82, 2.24) is 4.90 Å². The fraction of sp³-hybridized carbons (Fsp3) is 0.760. The SMILES string of the molecule is C=C1/C(=C\C=C2/CCCC3(C)C2CC[C@@H]3CCN2CCOCC2)CCC[C@@H]1O. The fourth-order valence-electron chi connectivity index (χ4n) is 6.42. The number of ether oxygens (including phenoxy) is 1. The van der Waals surface area contributed by atoms with Crippen LogP contribution in [0, 0.1) is 17.3 Å². The van der Waals surface area contributed by atoms with Crippen molar-refractivity contribution in [3.05, 3.63) is 35.5 Å². The summed E-state index contributed by atoms with van der Waals surface area (Å²) in [5, 5.41) is 10.1. The van der Waals surface area contributed by atoms with Crippen LogP contribution in [0.25, 0.3) is 0 Å². The maximum absolute atomic E-state index is 10.1. The molecule has 4 aliphatic rings. The molecule has 1 saturated heterocycles. The smallest absolute Gasteiger partial charge is 0.0787 e. The van der Waals surface area contributed by atoms with Gasteiger partial charge in [-0.3, -0.25) is 4.90 Å². The molecule has 4 atom stereocenters. The lowest BCUT2D eigenvalue weighted by Crippen LogP contribution is -2.39. The van der Waals surface area contributed by atoms with Crippen LogP contribution in [0.2, 0.25) is 0 Å². The third kappa shape index (κ3) is 4.17. The van der Waals surface area contributed by atoms with E-state index in [9.17, 15) is 5.11 Å². The van der Waals surface area contributed by atoms with E-state index in [1.807, 2.05) is 0 Å². The molecule has 4 rings (SSSR count). The van der Waals surface area contributed by atoms with Crippen molar-refractivity contribution in [3.63, 3.8) is 0 Å². The van der Waals surface area contributed by atoms with Gasteiger partial charge >= 0.3 is 0 Å². The first-order valence-electron chi connectivity index (χ1n) is 11.6. The van der Waals surface area contributed by atoms with Gasteiger partial charge in [-0.15, -0.1) is 0 Å². The minimum Gasteiger partial charge on any atom is -0.388 e. The molecule has 2 unspecified atom stereocenters. The summed E-state index contributed by atoms with van der Waals surface area (Å²) in [6.45, 7) is 12.0. The zero-order valence-electron chi connectivity index (χ0n) is 17.8. The molecule has 3 aliphatic carbocycles. The monoisotopic (exact) mass is 385 g/mol. The van der Waals surface area contributed by atoms with Crippen LogP contribution in [-0.4, -0.2) is 49.0 Å². The second kappa shape index (κ2) is 8.85. The molecule has 3 nitrogen and oxygen atoms in total. The molecular weight excluding hydrogens is 346 g/mol. The van der Waals surface area contributed by atoms with E-state index >= 15 is 0 Å². The first kappa shape index (κ1) is 20.4. The number of nitrogens with zero attached hydrogens (tertiary/aromatic N) is 1. The molecule has 0 spiro atoms. The van der Waals surface area contributed by atoms with Gasteiger partial charge in [0.1, 0.15) is 0 Å². The molecule has 4 fully saturated rings. The normalized spacial score (nSPS) is 40.2. The highest BCUT2D eigenvalue weighted by Gasteiger charge is 2.48. The number of aliphatic hydroxyl groups is 1. The molecule has 0 amide bonds. The van der Waals surface area contributed by atoms with Crippen LogP contribution in [0.4, 0.5) is 0 Å². The molecule has 1 aliphatic heterocycles. The number of fused-ring (bicyclic) bond motifs is 1. The average Bonchev–Trinajstić information content (AvgIpc) is 3.05. The maximum atomic E-state index is 10.1. The maximum Gasteiger partial charge on any atom is 0.0787 e. The van der Waals surface area contributed by atoms with Gasteiger partial charge in [0.05, 0.1) is 19.3 Å². The van der Waals surface area contributed by atoms with Gasteiger partial charge in [0.2, 0.25) is 0 Å². The molecule has 1 N–H and O–H groups in total. The molecule has 0 radical (unpaired) electrons. The van der Waals surface area contributed by atoms with Crippen molar-refractivity contribution in [2.75, 3.05) is 32.8 Å². The number of hydrogen-bond donors (Lipinski definition) is 1. The molecule has 0 bridgehead atoms. The Balaban J connectivity index is 1.42. The Kier molecular flexibility index (Phi) is 6.44. The van der Waals surface area contributed by atoms with Crippen molar-refractivity contribution in [2.24, 2.45) is 17.3 Å². The van der Waals surface area contributed by atoms with Crippen molar-refractivity contribution in [1.29, 1.82) is 0 Å². The quantitative estimate of drug-likeness (QED) is 0.749. The van der Waals surface area contributed by atoms with E-state index in [1.54, 1.807) is 5.57 Å². The van der Waals surface area contributed by atoms with Crippen LogP contribution >= 0.6 is 0 Å². The van der Waals surface area contributed by atoms with Gasteiger partial charge in [-0.05, 0) is 92.7 Å². The van der Waals surface area contributed by atoms with Crippen LogP contribution in [0.1, 0.15) is 64.7 Å². The molecule has 3 heteroatoms. The van der Waals surface area contributed by atoms with Crippen LogP contribution in [0.3, 0.4) is 0 Å². The molecular formula is C25H39NO2. The first-order chi connectivity index (χ1) is 13.6. The third-order valence-corrected chi connectivity index (χ3v) is 8.30. The van der Waals surface area contributed by atoms with Gasteiger partial charge in [-0.25, -0.2) is 0 Å². The fourth-order valence-corrected chi connectivity index (χ4v) is 6.42. The summed E-state index contributed by atoms with van der Waals surface area (Å²) >= 11 is 0. The predicted molar refractivity (Wildman–Crippen MR) is 115 cm³/mol. The largest absolute Gasteiger partial charge is 0.388 e. The van der Waals surface area contributed by atoms with Crippen LogP contribution in [0.5, 0.6) is 0 Å². The lowest BCUT2D eigenvalue weighted by molar-refractivity contribution is 0.0300. The van der Waals surface area contributed by atoms with Gasteiger partial charge in [0.15, 0.2) is 0 Å². The summed E-state index contributed by atoms with van der Waals surface area (Å²) in [6.07, 6.45) is 15.5. The molecule has 28 heavy (non-hydrogen) atoms. The number of aliphatic hydroxyl groups excluding tert-OH is 1. The van der Waals surface area contributed by atoms with Crippen molar-refractivity contribution in [3.8, 4) is 0 Å². The van der Waals surface area contributed by atoms with E-state index in [4.69, 9.17) is 4.74 Å². The van der Waals surface area contributed by atoms with E-state index < -0.39 is 0 Å². The number of morpholine rings is 1. The molecule has 0 aromatic carbocycles. The van der Waals surface area contributed by atoms with Crippen LogP contribution < -0.4 is 0 Å². The number of hydrogen-bond acceptors (Lipinski definition) is 3. The van der Waals surface area contributed by atoms with Gasteiger partial charge < -0.3 is 9.84 Å². The Labute approximate surface area is 171 Å². The summed E-state index contributed by atoms with van der Waals surface area (Å²) in [7, 11) is 0. The molecule has 0 aromatic rings. The lowest BCUT2D eigenvalue weighted by atomic mass is 9.63. The minimum atomic E-state index is -0.328. The number of rotatable bonds is 4. The van der Waals surface area contributed by atoms with E-state index in [0.29, 0.717) is 5.41 Å². The topological polar surface area (TPSA) is 32.7 Å². The van der Waals surface area contributed by atoms with Crippen molar-refractivity contribution < 1.29 is 9.84 Å². The van der Waals surface area contributed by atoms with Gasteiger partial charge in [-0.1, -0.05) is 31.2 Å². The Hall–Kier alpha value is -0.900. The minimum absolute atomic E-state index is 0.328. The van der Waals surface area contributed by atoms with Crippen molar-refractivity contribution >= 4 is 0 Å². The van der Waals surface area contributed by atoms with E-state index in [1.165, 1.54) is 50.6 Å². The lowest BCUT2D eigenvalue weighted by Gasteiger charge is -2.43. The van der Waals surface area contributed by atoms with E-state index in [2.05, 4.69) is 30.6 Å². The van der Waals surface area contributed by atoms with Crippen molar-refractivity contribution in [2.45, 2.75) is 70.8 Å². The third-order valence-electron chi connectivity index (χ3n) is 8.30. The van der Waals surface area contributed by atoms with Gasteiger partial charge in [0, 0.05) is 13.1 Å². The highest BCUT2D eigenvalue weighted by Crippen LogP contribution is 2.58. The molecule has 156 valence electrons. The summed E-state index contributed by atoms with van der Waals surface area (Å²) < 4.78 is 5.51. The highest BCUT2D eigenvalue weighted by atomic mass is 16.5. The van der Waals surface area contributed by atoms with E-state index in [0.717, 1.165) is 63.0 Å². The second-order valence-corrected chi connectivity index (χ2v) is 9.80. The van der Waals surface area contributed by atoms with Gasteiger partial charge in [-0.2, -0.15) is 0 Å². The van der Waals surface area contributed by atoms with Gasteiger partial charge in [0.25, 0.3) is 0 Å². The Bertz CT molecular complexity index is 630. The van der Waals surface area contributed by atoms with E-state index in [-0.39, 0.29) is 6.10 Å². The standard InChI is InChI=1S/C25H39NO2/c1-19-20(5-3-7-24(19)27)8-9-21-6-4-13-25(2)22(10-11-23(21)25)12-14-26-15-17-28-18-16-26/h8-9,22-24,27H,1,3-7,10-18H2,2H3/b20-8-,21-9+/t22-,23?,24+,25?/m1/s1. The predicted octanol–water partition coefficient (Wildman–Crippen LogP) is 4.88. The highest BCUT2D eigenvalue weighted by molar-refractivity contribution is 5.37. The molecule has 1 heterocycles. The summed E-state index contributed by atoms with van der Waals surface area (Å²) in [6, 6.07) is 0. The zero-order chi connectivity index (χ0) is 19.6.